The Morgan fingerprint density at radius 3 is 2.73 bits per heavy atom. The first-order chi connectivity index (χ1) is 7.24. The molecule has 1 aromatic carbocycles. The van der Waals surface area contributed by atoms with Crippen LogP contribution in [0.5, 0.6) is 5.75 Å². The zero-order chi connectivity index (χ0) is 11.1. The molecule has 0 saturated heterocycles. The van der Waals surface area contributed by atoms with E-state index in [2.05, 4.69) is 32.2 Å². The van der Waals surface area contributed by atoms with Crippen LogP contribution in [0.3, 0.4) is 0 Å². The van der Waals surface area contributed by atoms with E-state index >= 15 is 0 Å². The second-order valence-corrected chi connectivity index (χ2v) is 3.93. The lowest BCUT2D eigenvalue weighted by Gasteiger charge is -2.15. The van der Waals surface area contributed by atoms with Crippen LogP contribution in [-0.4, -0.2) is 19.2 Å². The maximum Gasteiger partial charge on any atom is 0.122 e. The van der Waals surface area contributed by atoms with Gasteiger partial charge >= 0.3 is 0 Å². The van der Waals surface area contributed by atoms with Crippen LogP contribution in [0.15, 0.2) is 24.3 Å². The molecule has 0 saturated carbocycles. The van der Waals surface area contributed by atoms with E-state index in [0.29, 0.717) is 6.04 Å². The Morgan fingerprint density at radius 2 is 2.07 bits per heavy atom. The molecule has 1 rings (SSSR count). The van der Waals surface area contributed by atoms with Crippen molar-refractivity contribution in [1.82, 2.24) is 5.32 Å². The van der Waals surface area contributed by atoms with Gasteiger partial charge in [0.15, 0.2) is 0 Å². The zero-order valence-corrected chi connectivity index (χ0v) is 9.92. The average Bonchev–Trinajstić information content (AvgIpc) is 2.25. The van der Waals surface area contributed by atoms with Crippen molar-refractivity contribution < 1.29 is 4.74 Å². The Bertz CT molecular complexity index is 286. The summed E-state index contributed by atoms with van der Waals surface area (Å²) in [5.41, 5.74) is 1.19. The van der Waals surface area contributed by atoms with Gasteiger partial charge in [0.25, 0.3) is 0 Å². The summed E-state index contributed by atoms with van der Waals surface area (Å²) >= 11 is 0. The Kier molecular flexibility index (Phi) is 5.19. The van der Waals surface area contributed by atoms with Crippen molar-refractivity contribution in [1.29, 1.82) is 0 Å². The summed E-state index contributed by atoms with van der Waals surface area (Å²) in [6.07, 6.45) is 1.16. The third-order valence-electron chi connectivity index (χ3n) is 2.33. The van der Waals surface area contributed by atoms with Crippen LogP contribution in [0.4, 0.5) is 0 Å². The summed E-state index contributed by atoms with van der Waals surface area (Å²) in [7, 11) is 0. The molecule has 0 aliphatic rings. The van der Waals surface area contributed by atoms with Gasteiger partial charge in [-0.05, 0) is 38.4 Å². The van der Waals surface area contributed by atoms with Crippen molar-refractivity contribution in [3.05, 3.63) is 29.8 Å². The molecular weight excluding hydrogens is 186 g/mol. The van der Waals surface area contributed by atoms with E-state index in [1.165, 1.54) is 5.56 Å². The Balaban J connectivity index is 2.33. The highest BCUT2D eigenvalue weighted by Gasteiger charge is 2.02. The predicted octanol–water partition coefficient (Wildman–Crippen LogP) is 2.76. The molecule has 2 nitrogen and oxygen atoms in total. The first-order valence-corrected chi connectivity index (χ1v) is 5.66. The number of ether oxygens (including phenoxy) is 1. The first-order valence-electron chi connectivity index (χ1n) is 5.66. The van der Waals surface area contributed by atoms with E-state index in [4.69, 9.17) is 4.74 Å². The molecule has 0 radical (unpaired) electrons. The predicted molar refractivity (Wildman–Crippen MR) is 64.4 cm³/mol. The molecule has 0 amide bonds. The van der Waals surface area contributed by atoms with Crippen LogP contribution in [0.2, 0.25) is 0 Å². The van der Waals surface area contributed by atoms with Gasteiger partial charge in [-0.1, -0.05) is 25.1 Å². The second kappa shape index (κ2) is 6.46. The van der Waals surface area contributed by atoms with Gasteiger partial charge in [-0.25, -0.2) is 0 Å². The Morgan fingerprint density at radius 1 is 1.33 bits per heavy atom. The molecule has 2 heteroatoms. The number of nitrogens with one attached hydrogen (secondary N) is 1. The number of rotatable bonds is 6. The van der Waals surface area contributed by atoms with Crippen LogP contribution in [0.1, 0.15) is 25.8 Å². The normalized spacial score (nSPS) is 12.5. The fourth-order valence-corrected chi connectivity index (χ4v) is 1.38. The lowest BCUT2D eigenvalue weighted by atomic mass is 10.2. The molecule has 0 bridgehead atoms. The first kappa shape index (κ1) is 12.1. The summed E-state index contributed by atoms with van der Waals surface area (Å²) in [5.74, 6) is 0.989. The van der Waals surface area contributed by atoms with E-state index in [9.17, 15) is 0 Å². The maximum absolute atomic E-state index is 5.73. The van der Waals surface area contributed by atoms with E-state index in [1.807, 2.05) is 18.2 Å². The van der Waals surface area contributed by atoms with Crippen LogP contribution in [0, 0.1) is 6.92 Å². The van der Waals surface area contributed by atoms with E-state index < -0.39 is 0 Å². The van der Waals surface area contributed by atoms with Crippen LogP contribution in [-0.2, 0) is 0 Å². The zero-order valence-electron chi connectivity index (χ0n) is 9.92. The van der Waals surface area contributed by atoms with Gasteiger partial charge < -0.3 is 10.1 Å². The van der Waals surface area contributed by atoms with Crippen molar-refractivity contribution in [3.63, 3.8) is 0 Å². The molecule has 0 aromatic heterocycles. The number of aryl methyl sites for hydroxylation is 1. The maximum atomic E-state index is 5.73. The smallest absolute Gasteiger partial charge is 0.122 e. The third kappa shape index (κ3) is 4.34. The largest absolute Gasteiger partial charge is 0.492 e. The molecule has 1 unspecified atom stereocenters. The minimum Gasteiger partial charge on any atom is -0.492 e. The highest BCUT2D eigenvalue weighted by atomic mass is 16.5. The van der Waals surface area contributed by atoms with Gasteiger partial charge in [-0.15, -0.1) is 0 Å². The summed E-state index contributed by atoms with van der Waals surface area (Å²) in [6, 6.07) is 8.53. The molecule has 0 fully saturated rings. The number of hydrogen-bond acceptors (Lipinski definition) is 2. The molecule has 0 aliphatic heterocycles. The topological polar surface area (TPSA) is 21.3 Å². The number of para-hydroxylation sites is 1. The highest BCUT2D eigenvalue weighted by Crippen LogP contribution is 2.16. The molecule has 84 valence electrons. The minimum atomic E-state index is 0.407. The van der Waals surface area contributed by atoms with Crippen LogP contribution in [0.25, 0.3) is 0 Å². The summed E-state index contributed by atoms with van der Waals surface area (Å²) in [5, 5.41) is 3.40. The summed E-state index contributed by atoms with van der Waals surface area (Å²) in [4.78, 5) is 0. The van der Waals surface area contributed by atoms with Crippen LogP contribution >= 0.6 is 0 Å². The molecule has 0 heterocycles. The van der Waals surface area contributed by atoms with Gasteiger partial charge in [0.05, 0.1) is 0 Å². The molecule has 1 N–H and O–H groups in total. The van der Waals surface area contributed by atoms with Gasteiger partial charge in [0, 0.05) is 6.04 Å². The summed E-state index contributed by atoms with van der Waals surface area (Å²) in [6.45, 7) is 8.17. The van der Waals surface area contributed by atoms with E-state index in [-0.39, 0.29) is 0 Å². The van der Waals surface area contributed by atoms with Crippen LogP contribution < -0.4 is 10.1 Å². The monoisotopic (exact) mass is 207 g/mol. The quantitative estimate of drug-likeness (QED) is 0.774. The van der Waals surface area contributed by atoms with Crippen molar-refractivity contribution in [2.45, 2.75) is 33.2 Å². The van der Waals surface area contributed by atoms with E-state index in [1.54, 1.807) is 0 Å². The number of benzene rings is 1. The highest BCUT2D eigenvalue weighted by molar-refractivity contribution is 5.31. The minimum absolute atomic E-state index is 0.407. The number of hydrogen-bond donors (Lipinski definition) is 1. The Hall–Kier alpha value is -1.02. The van der Waals surface area contributed by atoms with Crippen molar-refractivity contribution in [2.75, 3.05) is 13.2 Å². The summed E-state index contributed by atoms with van der Waals surface area (Å²) < 4.78 is 5.73. The molecule has 1 aromatic rings. The Labute approximate surface area is 92.6 Å². The van der Waals surface area contributed by atoms with Crippen molar-refractivity contribution >= 4 is 0 Å². The molecule has 0 spiro atoms. The van der Waals surface area contributed by atoms with Crippen molar-refractivity contribution in [2.24, 2.45) is 0 Å². The van der Waals surface area contributed by atoms with Crippen molar-refractivity contribution in [3.8, 4) is 5.75 Å². The van der Waals surface area contributed by atoms with Gasteiger partial charge in [0.1, 0.15) is 12.4 Å². The third-order valence-corrected chi connectivity index (χ3v) is 2.33. The molecule has 15 heavy (non-hydrogen) atoms. The van der Waals surface area contributed by atoms with Gasteiger partial charge in [0.2, 0.25) is 0 Å². The lowest BCUT2D eigenvalue weighted by Crippen LogP contribution is -2.32. The van der Waals surface area contributed by atoms with Gasteiger partial charge in [-0.3, -0.25) is 0 Å². The van der Waals surface area contributed by atoms with E-state index in [0.717, 1.165) is 25.3 Å². The second-order valence-electron chi connectivity index (χ2n) is 3.93. The standard InChI is InChI=1S/C13H21NO/c1-4-9-14-12(3)10-15-13-8-6-5-7-11(13)2/h5-8,12,14H,4,9-10H2,1-3H3. The fourth-order valence-electron chi connectivity index (χ4n) is 1.38. The lowest BCUT2D eigenvalue weighted by molar-refractivity contribution is 0.272. The molecule has 1 atom stereocenters. The fraction of sp³-hybridized carbons (Fsp3) is 0.538. The molecular formula is C13H21NO. The average molecular weight is 207 g/mol. The van der Waals surface area contributed by atoms with Gasteiger partial charge in [-0.2, -0.15) is 0 Å². The SMILES string of the molecule is CCCNC(C)COc1ccccc1C. The molecule has 0 aliphatic carbocycles.